The average Bonchev–Trinajstić information content (AvgIpc) is 2.68. The first kappa shape index (κ1) is 25.3. The monoisotopic (exact) mass is 418 g/mol. The molecule has 0 atom stereocenters. The molecule has 0 spiro atoms. The molecule has 0 saturated carbocycles. The van der Waals surface area contributed by atoms with Crippen molar-refractivity contribution < 1.29 is 39.8 Å². The Labute approximate surface area is 154 Å². The number of hydrogen-bond donors (Lipinski definition) is 0. The lowest BCUT2D eigenvalue weighted by Crippen LogP contribution is -2.52. The highest BCUT2D eigenvalue weighted by Gasteiger charge is 2.51. The molecular weight excluding hydrogens is 384 g/mol. The number of hydrogen-bond acceptors (Lipinski definition) is 9. The highest BCUT2D eigenvalue weighted by Crippen LogP contribution is 2.34. The Bertz CT molecular complexity index is 273. The molecule has 0 aliphatic carbocycles. The second-order valence-corrected chi connectivity index (χ2v) is 14.4. The van der Waals surface area contributed by atoms with Crippen molar-refractivity contribution in [2.75, 3.05) is 64.0 Å². The Morgan fingerprint density at radius 3 is 0.680 bits per heavy atom. The van der Waals surface area contributed by atoms with Crippen LogP contribution in [0.2, 0.25) is 18.1 Å². The molecule has 0 amide bonds. The van der Waals surface area contributed by atoms with Gasteiger partial charge in [-0.2, -0.15) is 0 Å². The van der Waals surface area contributed by atoms with Gasteiger partial charge in [0.15, 0.2) is 0 Å². The van der Waals surface area contributed by atoms with Crippen LogP contribution in [0.1, 0.15) is 0 Å². The van der Waals surface area contributed by atoms with Gasteiger partial charge in [-0.25, -0.2) is 0 Å². The predicted molar refractivity (Wildman–Crippen MR) is 98.3 cm³/mol. The summed E-state index contributed by atoms with van der Waals surface area (Å²) in [5, 5.41) is 0. The lowest BCUT2D eigenvalue weighted by Gasteiger charge is -2.35. The van der Waals surface area contributed by atoms with Gasteiger partial charge in [0.05, 0.1) is 0 Å². The minimum atomic E-state index is -2.85. The van der Waals surface area contributed by atoms with Gasteiger partial charge in [-0.3, -0.25) is 0 Å². The SMILES string of the molecule is CO[Si](CC(C[Si](OC)(OC)OC)C[Si](OC)(OC)OC)(OC)OC. The van der Waals surface area contributed by atoms with Crippen LogP contribution in [0.15, 0.2) is 0 Å². The van der Waals surface area contributed by atoms with Crippen LogP contribution in [0.4, 0.5) is 0 Å². The third-order valence-electron chi connectivity index (χ3n) is 4.42. The van der Waals surface area contributed by atoms with Crippen molar-refractivity contribution >= 4 is 26.4 Å². The van der Waals surface area contributed by atoms with Crippen LogP contribution in [-0.2, 0) is 39.8 Å². The summed E-state index contributed by atoms with van der Waals surface area (Å²) in [5.74, 6) is -0.0375. The smallest absolute Gasteiger partial charge is 0.377 e. The first-order chi connectivity index (χ1) is 11.8. The summed E-state index contributed by atoms with van der Waals surface area (Å²) in [5.41, 5.74) is 0. The third-order valence-corrected chi connectivity index (χ3v) is 13.2. The van der Waals surface area contributed by atoms with Gasteiger partial charge in [-0.05, 0) is 5.92 Å². The summed E-state index contributed by atoms with van der Waals surface area (Å²) in [6, 6.07) is 1.56. The van der Waals surface area contributed by atoms with Crippen molar-refractivity contribution in [3.8, 4) is 0 Å². The Morgan fingerprint density at radius 2 is 0.560 bits per heavy atom. The maximum Gasteiger partial charge on any atom is 0.500 e. The van der Waals surface area contributed by atoms with E-state index in [-0.39, 0.29) is 5.92 Å². The van der Waals surface area contributed by atoms with Gasteiger partial charge < -0.3 is 39.8 Å². The fourth-order valence-corrected chi connectivity index (χ4v) is 9.63. The summed E-state index contributed by atoms with van der Waals surface area (Å²) in [4.78, 5) is 0. The van der Waals surface area contributed by atoms with Crippen LogP contribution in [-0.4, -0.2) is 90.4 Å². The summed E-state index contributed by atoms with van der Waals surface area (Å²) in [6.45, 7) is 0. The van der Waals surface area contributed by atoms with Crippen LogP contribution in [0.5, 0.6) is 0 Å². The van der Waals surface area contributed by atoms with Crippen molar-refractivity contribution in [1.82, 2.24) is 0 Å². The fourth-order valence-electron chi connectivity index (χ4n) is 2.78. The van der Waals surface area contributed by atoms with E-state index in [1.165, 1.54) is 0 Å². The normalized spacial score (nSPS) is 13.7. The maximum atomic E-state index is 5.58. The van der Waals surface area contributed by atoms with Crippen LogP contribution in [0, 0.1) is 5.92 Å². The van der Waals surface area contributed by atoms with E-state index in [4.69, 9.17) is 39.8 Å². The van der Waals surface area contributed by atoms with E-state index in [9.17, 15) is 0 Å². The van der Waals surface area contributed by atoms with E-state index < -0.39 is 26.4 Å². The topological polar surface area (TPSA) is 83.1 Å². The standard InChI is InChI=1S/C13H34O9Si3/c1-14-23(15-2,16-3)10-13(11-24(17-4,18-5)19-6)12-25(20-7,21-8)22-9/h13H,10-12H2,1-9H3. The second-order valence-electron chi connectivity index (χ2n) is 5.36. The summed E-state index contributed by atoms with van der Waals surface area (Å²) in [6.07, 6.45) is 0. The summed E-state index contributed by atoms with van der Waals surface area (Å²) < 4.78 is 50.2. The lowest BCUT2D eigenvalue weighted by atomic mass is 10.3. The van der Waals surface area contributed by atoms with Crippen LogP contribution < -0.4 is 0 Å². The first-order valence-corrected chi connectivity index (χ1v) is 13.6. The molecule has 9 nitrogen and oxygen atoms in total. The molecule has 0 aliphatic heterocycles. The fraction of sp³-hybridized carbons (Fsp3) is 1.00. The Balaban J connectivity index is 5.64. The summed E-state index contributed by atoms with van der Waals surface area (Å²) in [7, 11) is 5.69. The molecule has 0 radical (unpaired) electrons. The van der Waals surface area contributed by atoms with Crippen molar-refractivity contribution in [2.45, 2.75) is 18.1 Å². The molecule has 0 aromatic carbocycles. The Morgan fingerprint density at radius 1 is 0.400 bits per heavy atom. The Kier molecular flexibility index (Phi) is 12.0. The third kappa shape index (κ3) is 6.75. The van der Waals surface area contributed by atoms with Crippen molar-refractivity contribution in [2.24, 2.45) is 5.92 Å². The van der Waals surface area contributed by atoms with Gasteiger partial charge in [0, 0.05) is 82.1 Å². The van der Waals surface area contributed by atoms with Crippen LogP contribution in [0.25, 0.3) is 0 Å². The molecule has 0 N–H and O–H groups in total. The van der Waals surface area contributed by atoms with Crippen LogP contribution in [0.3, 0.4) is 0 Å². The Hall–Kier alpha value is 0.291. The molecule has 152 valence electrons. The van der Waals surface area contributed by atoms with E-state index in [1.807, 2.05) is 0 Å². The van der Waals surface area contributed by atoms with Crippen molar-refractivity contribution in [1.29, 1.82) is 0 Å². The molecule has 25 heavy (non-hydrogen) atoms. The predicted octanol–water partition coefficient (Wildman–Crippen LogP) is 1.24. The lowest BCUT2D eigenvalue weighted by molar-refractivity contribution is 0.0984. The molecule has 0 unspecified atom stereocenters. The van der Waals surface area contributed by atoms with E-state index in [2.05, 4.69) is 0 Å². The highest BCUT2D eigenvalue weighted by atomic mass is 28.4. The molecule has 0 saturated heterocycles. The van der Waals surface area contributed by atoms with Gasteiger partial charge in [0.2, 0.25) is 0 Å². The molecule has 0 aromatic heterocycles. The van der Waals surface area contributed by atoms with Gasteiger partial charge in [0.25, 0.3) is 0 Å². The zero-order valence-electron chi connectivity index (χ0n) is 16.9. The van der Waals surface area contributed by atoms with Crippen molar-refractivity contribution in [3.05, 3.63) is 0 Å². The molecule has 0 heterocycles. The molecule has 0 aromatic rings. The number of rotatable bonds is 15. The molecule has 0 fully saturated rings. The van der Waals surface area contributed by atoms with Crippen molar-refractivity contribution in [3.63, 3.8) is 0 Å². The highest BCUT2D eigenvalue weighted by molar-refractivity contribution is 6.64. The van der Waals surface area contributed by atoms with Gasteiger partial charge in [0.1, 0.15) is 0 Å². The van der Waals surface area contributed by atoms with E-state index in [0.717, 1.165) is 0 Å². The first-order valence-electron chi connectivity index (χ1n) is 7.80. The largest absolute Gasteiger partial charge is 0.500 e. The maximum absolute atomic E-state index is 5.58. The molecule has 0 aliphatic rings. The van der Waals surface area contributed by atoms with Crippen LogP contribution >= 0.6 is 0 Å². The van der Waals surface area contributed by atoms with E-state index in [1.54, 1.807) is 64.0 Å². The molecular formula is C13H34O9Si3. The molecule has 0 bridgehead atoms. The van der Waals surface area contributed by atoms with E-state index >= 15 is 0 Å². The zero-order valence-corrected chi connectivity index (χ0v) is 19.9. The minimum Gasteiger partial charge on any atom is -0.377 e. The average molecular weight is 419 g/mol. The minimum absolute atomic E-state index is 0.0375. The quantitative estimate of drug-likeness (QED) is 0.365. The van der Waals surface area contributed by atoms with Gasteiger partial charge in [-0.15, -0.1) is 0 Å². The second kappa shape index (κ2) is 11.9. The van der Waals surface area contributed by atoms with E-state index in [0.29, 0.717) is 18.1 Å². The molecule has 12 heteroatoms. The van der Waals surface area contributed by atoms with Gasteiger partial charge in [-0.1, -0.05) is 0 Å². The summed E-state index contributed by atoms with van der Waals surface area (Å²) >= 11 is 0. The van der Waals surface area contributed by atoms with Gasteiger partial charge >= 0.3 is 26.4 Å². The molecule has 0 rings (SSSR count). The zero-order chi connectivity index (χ0) is 19.6.